The SMILES string of the molecule is COc1ccc(OC2CCN(C(=O)C3(c4ccccc4)CCOCC3)C2)nn1. The Bertz CT molecular complexity index is 791. The average molecular weight is 383 g/mol. The van der Waals surface area contributed by atoms with Crippen molar-refractivity contribution < 1.29 is 19.0 Å². The van der Waals surface area contributed by atoms with Gasteiger partial charge in [0.05, 0.1) is 19.1 Å². The number of methoxy groups -OCH3 is 1. The van der Waals surface area contributed by atoms with Crippen LogP contribution in [0.3, 0.4) is 0 Å². The fourth-order valence-corrected chi connectivity index (χ4v) is 4.06. The van der Waals surface area contributed by atoms with Gasteiger partial charge in [-0.15, -0.1) is 10.2 Å². The lowest BCUT2D eigenvalue weighted by atomic mass is 9.73. The third kappa shape index (κ3) is 3.67. The highest BCUT2D eigenvalue weighted by molar-refractivity contribution is 5.88. The van der Waals surface area contributed by atoms with E-state index >= 15 is 0 Å². The van der Waals surface area contributed by atoms with Crippen LogP contribution in [0.2, 0.25) is 0 Å². The smallest absolute Gasteiger partial charge is 0.233 e. The molecule has 2 saturated heterocycles. The van der Waals surface area contributed by atoms with Gasteiger partial charge in [0.2, 0.25) is 17.7 Å². The number of likely N-dealkylation sites (tertiary alicyclic amines) is 1. The van der Waals surface area contributed by atoms with Crippen molar-refractivity contribution in [3.05, 3.63) is 48.0 Å². The first-order valence-corrected chi connectivity index (χ1v) is 9.68. The number of benzene rings is 1. The van der Waals surface area contributed by atoms with E-state index in [1.54, 1.807) is 19.2 Å². The summed E-state index contributed by atoms with van der Waals surface area (Å²) in [5.74, 6) is 1.07. The maximum Gasteiger partial charge on any atom is 0.233 e. The van der Waals surface area contributed by atoms with Gasteiger partial charge in [-0.3, -0.25) is 4.79 Å². The summed E-state index contributed by atoms with van der Waals surface area (Å²) in [6, 6.07) is 13.5. The quantitative estimate of drug-likeness (QED) is 0.788. The summed E-state index contributed by atoms with van der Waals surface area (Å²) in [7, 11) is 1.55. The predicted octanol–water partition coefficient (Wildman–Crippen LogP) is 2.21. The van der Waals surface area contributed by atoms with Crippen molar-refractivity contribution in [1.29, 1.82) is 0 Å². The molecule has 7 nitrogen and oxygen atoms in total. The van der Waals surface area contributed by atoms with E-state index in [0.29, 0.717) is 50.9 Å². The largest absolute Gasteiger partial charge is 0.480 e. The molecule has 0 N–H and O–H groups in total. The molecule has 1 aromatic carbocycles. The van der Waals surface area contributed by atoms with Gasteiger partial charge in [0, 0.05) is 38.3 Å². The van der Waals surface area contributed by atoms with E-state index < -0.39 is 5.41 Å². The van der Waals surface area contributed by atoms with Gasteiger partial charge in [-0.05, 0) is 18.4 Å². The number of aromatic nitrogens is 2. The highest BCUT2D eigenvalue weighted by Gasteiger charge is 2.45. The molecule has 1 amide bonds. The molecule has 0 radical (unpaired) electrons. The summed E-state index contributed by atoms with van der Waals surface area (Å²) < 4.78 is 16.5. The molecule has 7 heteroatoms. The van der Waals surface area contributed by atoms with Crippen LogP contribution in [0, 0.1) is 0 Å². The van der Waals surface area contributed by atoms with E-state index in [1.807, 2.05) is 23.1 Å². The standard InChI is InChI=1S/C21H25N3O4/c1-26-18-7-8-19(23-22-18)28-17-9-12-24(15-17)20(25)21(10-13-27-14-11-21)16-5-3-2-4-6-16/h2-8,17H,9-15H2,1H3. The summed E-state index contributed by atoms with van der Waals surface area (Å²) in [5, 5.41) is 7.94. The van der Waals surface area contributed by atoms with Crippen molar-refractivity contribution in [3.8, 4) is 11.8 Å². The van der Waals surface area contributed by atoms with E-state index in [0.717, 1.165) is 12.0 Å². The maximum atomic E-state index is 13.6. The summed E-state index contributed by atoms with van der Waals surface area (Å²) in [6.07, 6.45) is 2.11. The molecule has 0 aliphatic carbocycles. The molecular weight excluding hydrogens is 358 g/mol. The minimum Gasteiger partial charge on any atom is -0.480 e. The monoisotopic (exact) mass is 383 g/mol. The van der Waals surface area contributed by atoms with Crippen LogP contribution in [-0.2, 0) is 14.9 Å². The molecule has 2 aliphatic rings. The van der Waals surface area contributed by atoms with Crippen LogP contribution in [-0.4, -0.2) is 60.5 Å². The van der Waals surface area contributed by atoms with E-state index in [2.05, 4.69) is 22.3 Å². The van der Waals surface area contributed by atoms with Crippen LogP contribution >= 0.6 is 0 Å². The van der Waals surface area contributed by atoms with Crippen LogP contribution in [0.15, 0.2) is 42.5 Å². The molecule has 1 atom stereocenters. The number of nitrogens with zero attached hydrogens (tertiary/aromatic N) is 3. The summed E-state index contributed by atoms with van der Waals surface area (Å²) >= 11 is 0. The van der Waals surface area contributed by atoms with Crippen molar-refractivity contribution in [1.82, 2.24) is 15.1 Å². The lowest BCUT2D eigenvalue weighted by molar-refractivity contribution is -0.140. The fourth-order valence-electron chi connectivity index (χ4n) is 4.06. The molecule has 28 heavy (non-hydrogen) atoms. The Morgan fingerprint density at radius 1 is 1.11 bits per heavy atom. The second kappa shape index (κ2) is 8.14. The zero-order chi connectivity index (χ0) is 19.4. The van der Waals surface area contributed by atoms with Crippen LogP contribution < -0.4 is 9.47 Å². The molecule has 0 spiro atoms. The normalized spacial score (nSPS) is 21.3. The van der Waals surface area contributed by atoms with Gasteiger partial charge >= 0.3 is 0 Å². The molecule has 1 aromatic heterocycles. The van der Waals surface area contributed by atoms with Crippen molar-refractivity contribution in [3.63, 3.8) is 0 Å². The highest BCUT2D eigenvalue weighted by atomic mass is 16.5. The van der Waals surface area contributed by atoms with Gasteiger partial charge in [0.25, 0.3) is 0 Å². The topological polar surface area (TPSA) is 73.8 Å². The highest BCUT2D eigenvalue weighted by Crippen LogP contribution is 2.37. The molecule has 3 heterocycles. The molecular formula is C21H25N3O4. The zero-order valence-electron chi connectivity index (χ0n) is 16.0. The van der Waals surface area contributed by atoms with E-state index in [9.17, 15) is 4.79 Å². The Morgan fingerprint density at radius 3 is 2.50 bits per heavy atom. The first-order valence-electron chi connectivity index (χ1n) is 9.68. The summed E-state index contributed by atoms with van der Waals surface area (Å²) in [4.78, 5) is 15.5. The number of hydrogen-bond donors (Lipinski definition) is 0. The molecule has 2 fully saturated rings. The lowest BCUT2D eigenvalue weighted by Gasteiger charge is -2.39. The van der Waals surface area contributed by atoms with Crippen molar-refractivity contribution in [2.24, 2.45) is 0 Å². The fraction of sp³-hybridized carbons (Fsp3) is 0.476. The number of rotatable bonds is 5. The summed E-state index contributed by atoms with van der Waals surface area (Å²) in [6.45, 7) is 2.45. The maximum absolute atomic E-state index is 13.6. The van der Waals surface area contributed by atoms with Crippen LogP contribution in [0.5, 0.6) is 11.8 Å². The Morgan fingerprint density at radius 2 is 1.82 bits per heavy atom. The van der Waals surface area contributed by atoms with Gasteiger partial charge in [0.15, 0.2) is 0 Å². The zero-order valence-corrected chi connectivity index (χ0v) is 16.0. The number of amides is 1. The average Bonchev–Trinajstić information content (AvgIpc) is 3.23. The van der Waals surface area contributed by atoms with E-state index in [-0.39, 0.29) is 12.0 Å². The first kappa shape index (κ1) is 18.7. The number of carbonyl (C=O) groups is 1. The van der Waals surface area contributed by atoms with Crippen molar-refractivity contribution in [2.45, 2.75) is 30.8 Å². The Hall–Kier alpha value is -2.67. The first-order chi connectivity index (χ1) is 13.7. The van der Waals surface area contributed by atoms with Gasteiger partial charge in [0.1, 0.15) is 6.10 Å². The molecule has 0 saturated carbocycles. The van der Waals surface area contributed by atoms with Crippen LogP contribution in [0.1, 0.15) is 24.8 Å². The van der Waals surface area contributed by atoms with Crippen LogP contribution in [0.25, 0.3) is 0 Å². The summed E-state index contributed by atoms with van der Waals surface area (Å²) in [5.41, 5.74) is 0.572. The lowest BCUT2D eigenvalue weighted by Crippen LogP contribution is -2.49. The molecule has 1 unspecified atom stereocenters. The number of hydrogen-bond acceptors (Lipinski definition) is 6. The second-order valence-corrected chi connectivity index (χ2v) is 7.25. The Labute approximate surface area is 164 Å². The Kier molecular flexibility index (Phi) is 5.43. The molecule has 2 aliphatic heterocycles. The van der Waals surface area contributed by atoms with Gasteiger partial charge in [-0.2, -0.15) is 0 Å². The minimum atomic E-state index is -0.506. The third-order valence-electron chi connectivity index (χ3n) is 5.63. The second-order valence-electron chi connectivity index (χ2n) is 7.25. The third-order valence-corrected chi connectivity index (χ3v) is 5.63. The van der Waals surface area contributed by atoms with Gasteiger partial charge in [-0.25, -0.2) is 0 Å². The number of ether oxygens (including phenoxy) is 3. The van der Waals surface area contributed by atoms with Gasteiger partial charge in [-0.1, -0.05) is 30.3 Å². The number of carbonyl (C=O) groups excluding carboxylic acids is 1. The Balaban J connectivity index is 1.46. The van der Waals surface area contributed by atoms with Crippen molar-refractivity contribution in [2.75, 3.05) is 33.4 Å². The van der Waals surface area contributed by atoms with E-state index in [1.165, 1.54) is 0 Å². The van der Waals surface area contributed by atoms with E-state index in [4.69, 9.17) is 14.2 Å². The van der Waals surface area contributed by atoms with Crippen molar-refractivity contribution >= 4 is 5.91 Å². The minimum absolute atomic E-state index is 0.0840. The molecule has 0 bridgehead atoms. The van der Waals surface area contributed by atoms with Crippen LogP contribution in [0.4, 0.5) is 0 Å². The molecule has 4 rings (SSSR count). The predicted molar refractivity (Wildman–Crippen MR) is 102 cm³/mol. The van der Waals surface area contributed by atoms with Gasteiger partial charge < -0.3 is 19.1 Å². The molecule has 2 aromatic rings. The molecule has 148 valence electrons.